The number of amides is 1. The van der Waals surface area contributed by atoms with E-state index in [0.29, 0.717) is 11.3 Å². The van der Waals surface area contributed by atoms with Gasteiger partial charge in [0.15, 0.2) is 5.76 Å². The molecule has 0 bridgehead atoms. The van der Waals surface area contributed by atoms with Gasteiger partial charge in [0.05, 0.1) is 6.54 Å². The zero-order chi connectivity index (χ0) is 13.9. The van der Waals surface area contributed by atoms with Gasteiger partial charge in [-0.2, -0.15) is 8.78 Å². The lowest BCUT2D eigenvalue weighted by Gasteiger charge is -2.08. The number of rotatable bonds is 4. The molecule has 0 atom stereocenters. The van der Waals surface area contributed by atoms with Crippen LogP contribution in [0.4, 0.5) is 8.78 Å². The molecule has 4 nitrogen and oxygen atoms in total. The van der Waals surface area contributed by atoms with Crippen molar-refractivity contribution >= 4 is 21.8 Å². The fourth-order valence-electron chi connectivity index (χ4n) is 1.39. The van der Waals surface area contributed by atoms with Crippen molar-refractivity contribution in [2.75, 3.05) is 6.54 Å². The normalized spacial score (nSPS) is 11.3. The maximum atomic E-state index is 12.5. The Balaban J connectivity index is 2.07. The van der Waals surface area contributed by atoms with Crippen LogP contribution >= 0.6 is 15.9 Å². The Labute approximate surface area is 116 Å². The predicted octanol–water partition coefficient (Wildman–Crippen LogP) is 3.06. The van der Waals surface area contributed by atoms with Crippen molar-refractivity contribution in [1.29, 1.82) is 0 Å². The number of carbonyl (C=O) groups excluding carboxylic acids is 1. The molecule has 0 aromatic carbocycles. The average molecular weight is 331 g/mol. The van der Waals surface area contributed by atoms with Crippen LogP contribution in [0.3, 0.4) is 0 Å². The Morgan fingerprint density at radius 2 is 2.21 bits per heavy atom. The van der Waals surface area contributed by atoms with Gasteiger partial charge in [-0.1, -0.05) is 0 Å². The summed E-state index contributed by atoms with van der Waals surface area (Å²) in [5.74, 6) is -0.284. The highest BCUT2D eigenvalue weighted by Crippen LogP contribution is 2.22. The summed E-state index contributed by atoms with van der Waals surface area (Å²) in [6, 6.07) is 6.49. The largest absolute Gasteiger partial charge is 0.451 e. The maximum absolute atomic E-state index is 12.5. The first-order valence-electron chi connectivity index (χ1n) is 5.31. The van der Waals surface area contributed by atoms with E-state index in [4.69, 9.17) is 4.42 Å². The highest BCUT2D eigenvalue weighted by molar-refractivity contribution is 9.10. The topological polar surface area (TPSA) is 55.1 Å². The van der Waals surface area contributed by atoms with Gasteiger partial charge in [-0.15, -0.1) is 0 Å². The molecule has 2 rings (SSSR count). The van der Waals surface area contributed by atoms with Gasteiger partial charge in [-0.3, -0.25) is 9.78 Å². The van der Waals surface area contributed by atoms with E-state index in [2.05, 4.69) is 26.2 Å². The monoisotopic (exact) mass is 330 g/mol. The van der Waals surface area contributed by atoms with Crippen molar-refractivity contribution < 1.29 is 18.0 Å². The molecule has 1 amide bonds. The standard InChI is InChI=1S/C12H9BrF2N2O2/c13-12(14,15)7-17-11(18)10-4-3-9(19-10)8-2-1-5-16-6-8/h1-6H,7H2,(H,17,18). The van der Waals surface area contributed by atoms with Gasteiger partial charge in [-0.05, 0) is 40.2 Å². The molecule has 0 radical (unpaired) electrons. The third-order valence-corrected chi connectivity index (χ3v) is 2.51. The Hall–Kier alpha value is -1.76. The first-order chi connectivity index (χ1) is 8.96. The number of alkyl halides is 3. The molecule has 0 aliphatic carbocycles. The summed E-state index contributed by atoms with van der Waals surface area (Å²) in [4.78, 5) is 12.3. The predicted molar refractivity (Wildman–Crippen MR) is 68.1 cm³/mol. The van der Waals surface area contributed by atoms with Crippen LogP contribution in [-0.4, -0.2) is 22.3 Å². The first-order valence-corrected chi connectivity index (χ1v) is 6.10. The number of hydrogen-bond donors (Lipinski definition) is 1. The van der Waals surface area contributed by atoms with Crippen LogP contribution in [0.25, 0.3) is 11.3 Å². The van der Waals surface area contributed by atoms with Crippen molar-refractivity contribution in [2.24, 2.45) is 0 Å². The van der Waals surface area contributed by atoms with Crippen LogP contribution < -0.4 is 5.32 Å². The van der Waals surface area contributed by atoms with Crippen LogP contribution in [0, 0.1) is 0 Å². The number of hydrogen-bond acceptors (Lipinski definition) is 3. The van der Waals surface area contributed by atoms with Crippen LogP contribution in [-0.2, 0) is 0 Å². The zero-order valence-electron chi connectivity index (χ0n) is 9.57. The molecule has 0 saturated heterocycles. The van der Waals surface area contributed by atoms with E-state index in [1.54, 1.807) is 30.6 Å². The molecular formula is C12H9BrF2N2O2. The second kappa shape index (κ2) is 5.48. The molecule has 0 saturated carbocycles. The van der Waals surface area contributed by atoms with Crippen LogP contribution in [0.2, 0.25) is 0 Å². The maximum Gasteiger partial charge on any atom is 0.318 e. The van der Waals surface area contributed by atoms with Crippen LogP contribution in [0.1, 0.15) is 10.6 Å². The van der Waals surface area contributed by atoms with Crippen LogP contribution in [0.15, 0.2) is 41.1 Å². The molecule has 7 heteroatoms. The van der Waals surface area contributed by atoms with Gasteiger partial charge in [0.2, 0.25) is 0 Å². The van der Waals surface area contributed by atoms with Crippen molar-refractivity contribution in [3.63, 3.8) is 0 Å². The van der Waals surface area contributed by atoms with Gasteiger partial charge in [-0.25, -0.2) is 0 Å². The Bertz CT molecular complexity index is 567. The second-order valence-electron chi connectivity index (χ2n) is 3.70. The molecule has 19 heavy (non-hydrogen) atoms. The minimum absolute atomic E-state index is 0.0318. The van der Waals surface area contributed by atoms with E-state index in [0.717, 1.165) is 0 Å². The summed E-state index contributed by atoms with van der Waals surface area (Å²) in [6.45, 7) is -0.811. The quantitative estimate of drug-likeness (QED) is 0.876. The lowest BCUT2D eigenvalue weighted by Crippen LogP contribution is -2.32. The highest BCUT2D eigenvalue weighted by atomic mass is 79.9. The number of furan rings is 1. The molecule has 0 aliphatic rings. The van der Waals surface area contributed by atoms with E-state index in [1.807, 2.05) is 0 Å². The number of halogens is 3. The minimum Gasteiger partial charge on any atom is -0.451 e. The first kappa shape index (κ1) is 13.7. The number of aromatic nitrogens is 1. The van der Waals surface area contributed by atoms with Crippen molar-refractivity contribution in [3.8, 4) is 11.3 Å². The molecule has 0 unspecified atom stereocenters. The number of nitrogens with zero attached hydrogens (tertiary/aromatic N) is 1. The Morgan fingerprint density at radius 3 is 2.84 bits per heavy atom. The minimum atomic E-state index is -3.14. The van der Waals surface area contributed by atoms with Gasteiger partial charge in [0.1, 0.15) is 5.76 Å². The molecule has 2 aromatic rings. The van der Waals surface area contributed by atoms with Crippen molar-refractivity contribution in [1.82, 2.24) is 10.3 Å². The Morgan fingerprint density at radius 1 is 1.42 bits per heavy atom. The SMILES string of the molecule is O=C(NCC(F)(F)Br)c1ccc(-c2cccnc2)o1. The fraction of sp³-hybridized carbons (Fsp3) is 0.167. The van der Waals surface area contributed by atoms with E-state index >= 15 is 0 Å². The smallest absolute Gasteiger partial charge is 0.318 e. The molecule has 0 spiro atoms. The molecule has 0 fully saturated rings. The summed E-state index contributed by atoms with van der Waals surface area (Å²) in [5, 5.41) is 2.06. The van der Waals surface area contributed by atoms with E-state index in [1.165, 1.54) is 6.07 Å². The summed E-state index contributed by atoms with van der Waals surface area (Å²) >= 11 is 2.13. The van der Waals surface area contributed by atoms with E-state index < -0.39 is 17.3 Å². The Kier molecular flexibility index (Phi) is 3.94. The molecule has 2 heterocycles. The molecule has 1 N–H and O–H groups in total. The van der Waals surface area contributed by atoms with Gasteiger partial charge < -0.3 is 9.73 Å². The number of carbonyl (C=O) groups is 1. The third kappa shape index (κ3) is 3.85. The summed E-state index contributed by atoms with van der Waals surface area (Å²) in [5.41, 5.74) is 0.701. The van der Waals surface area contributed by atoms with E-state index in [-0.39, 0.29) is 5.76 Å². The van der Waals surface area contributed by atoms with Crippen LogP contribution in [0.5, 0.6) is 0 Å². The molecule has 100 valence electrons. The molecule has 2 aromatic heterocycles. The summed E-state index contributed by atoms with van der Waals surface area (Å²) in [6.07, 6.45) is 3.19. The summed E-state index contributed by atoms with van der Waals surface area (Å²) < 4.78 is 30.3. The summed E-state index contributed by atoms with van der Waals surface area (Å²) in [7, 11) is 0. The zero-order valence-corrected chi connectivity index (χ0v) is 11.2. The second-order valence-corrected chi connectivity index (χ2v) is 4.86. The van der Waals surface area contributed by atoms with Gasteiger partial charge in [0.25, 0.3) is 5.91 Å². The van der Waals surface area contributed by atoms with Crippen molar-refractivity contribution in [2.45, 2.75) is 4.83 Å². The lowest BCUT2D eigenvalue weighted by atomic mass is 10.2. The number of pyridine rings is 1. The van der Waals surface area contributed by atoms with Gasteiger partial charge >= 0.3 is 4.83 Å². The average Bonchev–Trinajstić information content (AvgIpc) is 2.86. The lowest BCUT2D eigenvalue weighted by molar-refractivity contribution is 0.0813. The van der Waals surface area contributed by atoms with E-state index in [9.17, 15) is 13.6 Å². The third-order valence-electron chi connectivity index (χ3n) is 2.23. The number of nitrogens with one attached hydrogen (secondary N) is 1. The molecule has 0 aliphatic heterocycles. The fourth-order valence-corrected chi connectivity index (χ4v) is 1.53. The van der Waals surface area contributed by atoms with Gasteiger partial charge in [0, 0.05) is 18.0 Å². The highest BCUT2D eigenvalue weighted by Gasteiger charge is 2.25. The molecular weight excluding hydrogens is 322 g/mol. The van der Waals surface area contributed by atoms with Crippen molar-refractivity contribution in [3.05, 3.63) is 42.4 Å².